The first-order valence-corrected chi connectivity index (χ1v) is 10.3. The number of ether oxygens (including phenoxy) is 1. The van der Waals surface area contributed by atoms with E-state index >= 15 is 0 Å². The Labute approximate surface area is 176 Å². The summed E-state index contributed by atoms with van der Waals surface area (Å²) in [6.45, 7) is 5.99. The Morgan fingerprint density at radius 1 is 1.00 bits per heavy atom. The minimum Gasteiger partial charge on any atom is -0.507 e. The molecule has 2 aromatic rings. The summed E-state index contributed by atoms with van der Waals surface area (Å²) in [5, 5.41) is 11.0. The minimum atomic E-state index is -0.635. The Balaban J connectivity index is 1.71. The fourth-order valence-corrected chi connectivity index (χ4v) is 4.03. The minimum absolute atomic E-state index is 0.129. The number of aryl methyl sites for hydroxylation is 1. The Kier molecular flexibility index (Phi) is 5.97. The van der Waals surface area contributed by atoms with Crippen LogP contribution in [0.5, 0.6) is 0 Å². The van der Waals surface area contributed by atoms with Gasteiger partial charge in [-0.15, -0.1) is 0 Å². The van der Waals surface area contributed by atoms with Crippen molar-refractivity contribution in [3.8, 4) is 0 Å². The molecule has 2 aliphatic heterocycles. The maximum Gasteiger partial charge on any atom is 0.295 e. The van der Waals surface area contributed by atoms with Gasteiger partial charge in [-0.25, -0.2) is 0 Å². The van der Waals surface area contributed by atoms with Crippen LogP contribution in [0.3, 0.4) is 0 Å². The number of amides is 1. The molecule has 6 heteroatoms. The zero-order valence-corrected chi connectivity index (χ0v) is 17.1. The predicted molar refractivity (Wildman–Crippen MR) is 114 cm³/mol. The number of ketones is 1. The van der Waals surface area contributed by atoms with Gasteiger partial charge in [0.15, 0.2) is 0 Å². The number of rotatable bonds is 5. The summed E-state index contributed by atoms with van der Waals surface area (Å²) in [5.74, 6) is -1.33. The molecule has 0 unspecified atom stereocenters. The molecule has 1 atom stereocenters. The van der Waals surface area contributed by atoms with E-state index in [1.54, 1.807) is 17.0 Å². The first-order chi connectivity index (χ1) is 14.6. The van der Waals surface area contributed by atoms with Crippen molar-refractivity contribution < 1.29 is 19.4 Å². The second-order valence-electron chi connectivity index (χ2n) is 7.72. The van der Waals surface area contributed by atoms with Crippen molar-refractivity contribution in [3.05, 3.63) is 76.9 Å². The Morgan fingerprint density at radius 2 is 1.67 bits per heavy atom. The van der Waals surface area contributed by atoms with Gasteiger partial charge in [0.05, 0.1) is 24.8 Å². The molecule has 0 saturated carbocycles. The van der Waals surface area contributed by atoms with Crippen molar-refractivity contribution >= 4 is 17.4 Å². The lowest BCUT2D eigenvalue weighted by molar-refractivity contribution is -0.140. The number of hydrogen-bond donors (Lipinski definition) is 1. The van der Waals surface area contributed by atoms with Gasteiger partial charge < -0.3 is 14.7 Å². The molecule has 0 radical (unpaired) electrons. The number of benzene rings is 2. The van der Waals surface area contributed by atoms with E-state index < -0.39 is 17.7 Å². The van der Waals surface area contributed by atoms with Crippen LogP contribution in [-0.4, -0.2) is 66.0 Å². The van der Waals surface area contributed by atoms with E-state index in [0.29, 0.717) is 31.9 Å². The second kappa shape index (κ2) is 8.81. The van der Waals surface area contributed by atoms with Crippen molar-refractivity contribution in [1.29, 1.82) is 0 Å². The van der Waals surface area contributed by atoms with Crippen LogP contribution >= 0.6 is 0 Å². The number of aliphatic hydroxyl groups excluding tert-OH is 1. The van der Waals surface area contributed by atoms with Gasteiger partial charge in [0, 0.05) is 31.7 Å². The Hall–Kier alpha value is -2.96. The van der Waals surface area contributed by atoms with Crippen molar-refractivity contribution in [1.82, 2.24) is 9.80 Å². The lowest BCUT2D eigenvalue weighted by Gasteiger charge is -2.31. The smallest absolute Gasteiger partial charge is 0.295 e. The van der Waals surface area contributed by atoms with Crippen molar-refractivity contribution in [2.75, 3.05) is 39.4 Å². The van der Waals surface area contributed by atoms with Crippen molar-refractivity contribution in [2.45, 2.75) is 13.0 Å². The topological polar surface area (TPSA) is 70.1 Å². The highest BCUT2D eigenvalue weighted by Gasteiger charge is 2.45. The number of hydrogen-bond acceptors (Lipinski definition) is 5. The van der Waals surface area contributed by atoms with Gasteiger partial charge in [-0.2, -0.15) is 0 Å². The first-order valence-electron chi connectivity index (χ1n) is 10.3. The highest BCUT2D eigenvalue weighted by atomic mass is 16.5. The van der Waals surface area contributed by atoms with Crippen LogP contribution in [0.1, 0.15) is 22.7 Å². The van der Waals surface area contributed by atoms with Crippen LogP contribution in [-0.2, 0) is 14.3 Å². The Morgan fingerprint density at radius 3 is 2.33 bits per heavy atom. The van der Waals surface area contributed by atoms with Gasteiger partial charge in [0.25, 0.3) is 11.7 Å². The fraction of sp³-hybridized carbons (Fsp3) is 0.333. The number of carbonyl (C=O) groups excluding carboxylic acids is 2. The van der Waals surface area contributed by atoms with E-state index in [0.717, 1.165) is 24.2 Å². The Bertz CT molecular complexity index is 947. The van der Waals surface area contributed by atoms with E-state index in [2.05, 4.69) is 4.90 Å². The lowest BCUT2D eigenvalue weighted by Crippen LogP contribution is -2.42. The molecule has 0 spiro atoms. The molecular weight excluding hydrogens is 380 g/mol. The van der Waals surface area contributed by atoms with Crippen LogP contribution in [0, 0.1) is 6.92 Å². The number of morpholine rings is 1. The van der Waals surface area contributed by atoms with Gasteiger partial charge in [-0.1, -0.05) is 60.2 Å². The summed E-state index contributed by atoms with van der Waals surface area (Å²) in [7, 11) is 0. The molecule has 2 fully saturated rings. The van der Waals surface area contributed by atoms with Crippen molar-refractivity contribution in [2.24, 2.45) is 0 Å². The van der Waals surface area contributed by atoms with Crippen LogP contribution < -0.4 is 0 Å². The summed E-state index contributed by atoms with van der Waals surface area (Å²) in [5.41, 5.74) is 2.55. The number of Topliss-reactive ketones (excluding diaryl/α,β-unsaturated/α-hetero) is 1. The molecule has 2 heterocycles. The summed E-state index contributed by atoms with van der Waals surface area (Å²) in [6, 6.07) is 16.1. The number of aliphatic hydroxyl groups is 1. The zero-order valence-electron chi connectivity index (χ0n) is 17.1. The van der Waals surface area contributed by atoms with E-state index in [-0.39, 0.29) is 11.3 Å². The molecule has 1 amide bonds. The van der Waals surface area contributed by atoms with Crippen LogP contribution in [0.15, 0.2) is 60.2 Å². The van der Waals surface area contributed by atoms with E-state index in [9.17, 15) is 14.7 Å². The molecule has 2 aromatic carbocycles. The standard InChI is InChI=1S/C24H26N2O4/c1-17-7-9-19(10-8-17)22(27)20-21(18-5-3-2-4-6-18)26(24(29)23(20)28)12-11-25-13-15-30-16-14-25/h2-10,21,27H,11-16H2,1H3/b22-20+/t21-/m0/s1. The van der Waals surface area contributed by atoms with Gasteiger partial charge in [0.1, 0.15) is 5.76 Å². The van der Waals surface area contributed by atoms with Gasteiger partial charge >= 0.3 is 0 Å². The summed E-state index contributed by atoms with van der Waals surface area (Å²) >= 11 is 0. The SMILES string of the molecule is Cc1ccc(/C(O)=C2\C(=O)C(=O)N(CCN3CCOCC3)[C@H]2c2ccccc2)cc1. The van der Waals surface area contributed by atoms with Crippen LogP contribution in [0.4, 0.5) is 0 Å². The highest BCUT2D eigenvalue weighted by Crippen LogP contribution is 2.39. The molecule has 4 rings (SSSR count). The molecule has 0 aliphatic carbocycles. The van der Waals surface area contributed by atoms with E-state index in [1.165, 1.54) is 0 Å². The third-order valence-corrected chi connectivity index (χ3v) is 5.74. The molecule has 30 heavy (non-hydrogen) atoms. The van der Waals surface area contributed by atoms with Crippen molar-refractivity contribution in [3.63, 3.8) is 0 Å². The largest absolute Gasteiger partial charge is 0.507 e. The molecule has 0 aromatic heterocycles. The zero-order chi connectivity index (χ0) is 21.1. The number of carbonyl (C=O) groups is 2. The molecule has 156 valence electrons. The monoisotopic (exact) mass is 406 g/mol. The quantitative estimate of drug-likeness (QED) is 0.470. The molecular formula is C24H26N2O4. The molecule has 2 aliphatic rings. The first kappa shape index (κ1) is 20.3. The lowest BCUT2D eigenvalue weighted by atomic mass is 9.95. The second-order valence-corrected chi connectivity index (χ2v) is 7.72. The maximum atomic E-state index is 13.0. The maximum absolute atomic E-state index is 13.0. The highest BCUT2D eigenvalue weighted by molar-refractivity contribution is 6.46. The normalized spacial score (nSPS) is 21.9. The molecule has 1 N–H and O–H groups in total. The summed E-state index contributed by atoms with van der Waals surface area (Å²) < 4.78 is 5.39. The predicted octanol–water partition coefficient (Wildman–Crippen LogP) is 2.75. The van der Waals surface area contributed by atoms with E-state index in [4.69, 9.17) is 4.74 Å². The fourth-order valence-electron chi connectivity index (χ4n) is 4.03. The van der Waals surface area contributed by atoms with Crippen LogP contribution in [0.25, 0.3) is 5.76 Å². The van der Waals surface area contributed by atoms with E-state index in [1.807, 2.05) is 49.4 Å². The third kappa shape index (κ3) is 4.01. The summed E-state index contributed by atoms with van der Waals surface area (Å²) in [4.78, 5) is 29.8. The number of nitrogens with zero attached hydrogens (tertiary/aromatic N) is 2. The van der Waals surface area contributed by atoms with Gasteiger partial charge in [-0.05, 0) is 12.5 Å². The average Bonchev–Trinajstić information content (AvgIpc) is 3.04. The molecule has 0 bridgehead atoms. The average molecular weight is 406 g/mol. The molecule has 2 saturated heterocycles. The van der Waals surface area contributed by atoms with Gasteiger partial charge in [-0.3, -0.25) is 14.5 Å². The third-order valence-electron chi connectivity index (χ3n) is 5.74. The van der Waals surface area contributed by atoms with Gasteiger partial charge in [0.2, 0.25) is 0 Å². The molecule has 6 nitrogen and oxygen atoms in total. The van der Waals surface area contributed by atoms with Crippen LogP contribution in [0.2, 0.25) is 0 Å². The summed E-state index contributed by atoms with van der Waals surface area (Å²) in [6.07, 6.45) is 0. The number of likely N-dealkylation sites (tertiary alicyclic amines) is 1.